The number of carbonyl (C=O) groups excluding carboxylic acids is 1. The molecule has 2 rings (SSSR count). The van der Waals surface area contributed by atoms with Gasteiger partial charge in [-0.05, 0) is 41.1 Å². The van der Waals surface area contributed by atoms with Crippen LogP contribution in [0.1, 0.15) is 17.3 Å². The lowest BCUT2D eigenvalue weighted by atomic mass is 10.1. The maximum absolute atomic E-state index is 12.4. The molecule has 1 aromatic carbocycles. The maximum atomic E-state index is 12.4. The number of rotatable bonds is 2. The van der Waals surface area contributed by atoms with E-state index >= 15 is 0 Å². The van der Waals surface area contributed by atoms with E-state index in [0.717, 1.165) is 0 Å². The van der Waals surface area contributed by atoms with E-state index in [1.165, 1.54) is 6.07 Å². The fourth-order valence-corrected chi connectivity index (χ4v) is 2.27. The Hall–Kier alpha value is -1.11. The summed E-state index contributed by atoms with van der Waals surface area (Å²) in [7, 11) is 0. The van der Waals surface area contributed by atoms with Crippen LogP contribution in [0, 0.1) is 0 Å². The van der Waals surface area contributed by atoms with Gasteiger partial charge in [0.2, 0.25) is 0 Å². The van der Waals surface area contributed by atoms with Crippen LogP contribution in [-0.2, 0) is 4.74 Å². The third-order valence-corrected chi connectivity index (χ3v) is 3.83. The molecule has 0 aromatic heterocycles. The lowest BCUT2D eigenvalue weighted by Gasteiger charge is -2.37. The van der Waals surface area contributed by atoms with Crippen molar-refractivity contribution in [3.8, 4) is 5.75 Å². The first-order valence-corrected chi connectivity index (χ1v) is 6.84. The third-order valence-electron chi connectivity index (χ3n) is 3.16. The normalized spacial score (nSPS) is 23.4. The Kier molecular flexibility index (Phi) is 4.44. The van der Waals surface area contributed by atoms with Crippen molar-refractivity contribution in [3.05, 3.63) is 28.2 Å². The lowest BCUT2D eigenvalue weighted by Crippen LogP contribution is -2.52. The van der Waals surface area contributed by atoms with E-state index in [2.05, 4.69) is 15.9 Å². The molecule has 6 heteroatoms. The van der Waals surface area contributed by atoms with Gasteiger partial charge in [0, 0.05) is 12.1 Å². The number of benzene rings is 1. The summed E-state index contributed by atoms with van der Waals surface area (Å²) in [5.74, 6) is -0.137. The van der Waals surface area contributed by atoms with Crippen LogP contribution in [-0.4, -0.2) is 52.9 Å². The first-order chi connectivity index (χ1) is 9.02. The van der Waals surface area contributed by atoms with Crippen LogP contribution in [0.15, 0.2) is 22.7 Å². The van der Waals surface area contributed by atoms with Crippen molar-refractivity contribution in [2.24, 2.45) is 0 Å². The molecule has 0 radical (unpaired) electrons. The van der Waals surface area contributed by atoms with Gasteiger partial charge < -0.3 is 19.8 Å². The molecule has 2 N–H and O–H groups in total. The van der Waals surface area contributed by atoms with Crippen molar-refractivity contribution in [2.45, 2.75) is 19.1 Å². The SMILES string of the molecule is CC1COC(CO)CN1C(=O)c1ccc(Br)c(O)c1. The molecule has 1 amide bonds. The Morgan fingerprint density at radius 3 is 2.95 bits per heavy atom. The highest BCUT2D eigenvalue weighted by Gasteiger charge is 2.30. The Morgan fingerprint density at radius 1 is 1.58 bits per heavy atom. The summed E-state index contributed by atoms with van der Waals surface area (Å²) in [6.45, 7) is 2.54. The van der Waals surface area contributed by atoms with Gasteiger partial charge in [-0.25, -0.2) is 0 Å². The van der Waals surface area contributed by atoms with Crippen LogP contribution in [0.25, 0.3) is 0 Å². The highest BCUT2D eigenvalue weighted by atomic mass is 79.9. The second-order valence-electron chi connectivity index (χ2n) is 4.61. The number of hydrogen-bond acceptors (Lipinski definition) is 4. The van der Waals surface area contributed by atoms with Crippen LogP contribution in [0.5, 0.6) is 5.75 Å². The number of carbonyl (C=O) groups is 1. The van der Waals surface area contributed by atoms with Crippen LogP contribution in [0.4, 0.5) is 0 Å². The fraction of sp³-hybridized carbons (Fsp3) is 0.462. The Morgan fingerprint density at radius 2 is 2.32 bits per heavy atom. The van der Waals surface area contributed by atoms with Crippen molar-refractivity contribution in [1.29, 1.82) is 0 Å². The summed E-state index contributed by atoms with van der Waals surface area (Å²) >= 11 is 3.18. The van der Waals surface area contributed by atoms with Gasteiger partial charge in [0.05, 0.1) is 29.8 Å². The molecule has 0 aliphatic carbocycles. The predicted octanol–water partition coefficient (Wildman–Crippen LogP) is 1.38. The van der Waals surface area contributed by atoms with Crippen LogP contribution >= 0.6 is 15.9 Å². The minimum atomic E-state index is -0.343. The number of phenols is 1. The highest BCUT2D eigenvalue weighted by Crippen LogP contribution is 2.25. The van der Waals surface area contributed by atoms with E-state index in [9.17, 15) is 9.90 Å². The van der Waals surface area contributed by atoms with Crippen LogP contribution < -0.4 is 0 Å². The van der Waals surface area contributed by atoms with Gasteiger partial charge in [-0.1, -0.05) is 0 Å². The average molecular weight is 330 g/mol. The van der Waals surface area contributed by atoms with E-state index in [4.69, 9.17) is 9.84 Å². The molecule has 1 fully saturated rings. The summed E-state index contributed by atoms with van der Waals surface area (Å²) in [5, 5.41) is 18.7. The number of nitrogens with zero attached hydrogens (tertiary/aromatic N) is 1. The maximum Gasteiger partial charge on any atom is 0.254 e. The lowest BCUT2D eigenvalue weighted by molar-refractivity contribution is -0.0667. The van der Waals surface area contributed by atoms with Crippen molar-refractivity contribution < 1.29 is 19.7 Å². The van der Waals surface area contributed by atoms with E-state index in [0.29, 0.717) is 23.2 Å². The Labute approximate surface area is 119 Å². The monoisotopic (exact) mass is 329 g/mol. The smallest absolute Gasteiger partial charge is 0.254 e. The number of amides is 1. The molecule has 0 spiro atoms. The van der Waals surface area contributed by atoms with E-state index < -0.39 is 0 Å². The number of phenolic OH excluding ortho intramolecular Hbond substituents is 1. The van der Waals surface area contributed by atoms with Crippen LogP contribution in [0.3, 0.4) is 0 Å². The van der Waals surface area contributed by atoms with Crippen molar-refractivity contribution in [1.82, 2.24) is 4.90 Å². The molecule has 19 heavy (non-hydrogen) atoms. The number of hydrogen-bond donors (Lipinski definition) is 2. The predicted molar refractivity (Wildman–Crippen MR) is 73.1 cm³/mol. The van der Waals surface area contributed by atoms with Crippen LogP contribution in [0.2, 0.25) is 0 Å². The second-order valence-corrected chi connectivity index (χ2v) is 5.46. The quantitative estimate of drug-likeness (QED) is 0.859. The van der Waals surface area contributed by atoms with Gasteiger partial charge in [0.1, 0.15) is 5.75 Å². The molecule has 2 unspecified atom stereocenters. The number of aliphatic hydroxyl groups is 1. The molecule has 1 heterocycles. The Balaban J connectivity index is 2.19. The standard InChI is InChI=1S/C13H16BrNO4/c1-8-7-19-10(6-16)5-15(8)13(18)9-2-3-11(14)12(17)4-9/h2-4,8,10,16-17H,5-7H2,1H3. The molecule has 1 aliphatic heterocycles. The van der Waals surface area contributed by atoms with Gasteiger partial charge in [-0.2, -0.15) is 0 Å². The number of aromatic hydroxyl groups is 1. The van der Waals surface area contributed by atoms with Gasteiger partial charge in [0.15, 0.2) is 0 Å². The Bertz CT molecular complexity index is 480. The van der Waals surface area contributed by atoms with E-state index in [1.807, 2.05) is 6.92 Å². The number of halogens is 1. The highest BCUT2D eigenvalue weighted by molar-refractivity contribution is 9.10. The summed E-state index contributed by atoms with van der Waals surface area (Å²) in [5.41, 5.74) is 0.422. The van der Waals surface area contributed by atoms with E-state index in [-0.39, 0.29) is 30.4 Å². The molecule has 0 bridgehead atoms. The van der Waals surface area contributed by atoms with Crippen molar-refractivity contribution in [3.63, 3.8) is 0 Å². The summed E-state index contributed by atoms with van der Waals surface area (Å²) in [6, 6.07) is 4.67. The summed E-state index contributed by atoms with van der Waals surface area (Å²) in [4.78, 5) is 14.1. The first kappa shape index (κ1) is 14.3. The minimum absolute atomic E-state index is 0.0328. The third kappa shape index (κ3) is 3.08. The first-order valence-electron chi connectivity index (χ1n) is 6.05. The molecular weight excluding hydrogens is 314 g/mol. The molecule has 104 valence electrons. The van der Waals surface area contributed by atoms with Gasteiger partial charge in [-0.3, -0.25) is 4.79 Å². The topological polar surface area (TPSA) is 70.0 Å². The fourth-order valence-electron chi connectivity index (χ4n) is 2.02. The zero-order valence-electron chi connectivity index (χ0n) is 10.5. The zero-order chi connectivity index (χ0) is 14.0. The number of ether oxygens (including phenoxy) is 1. The molecule has 5 nitrogen and oxygen atoms in total. The molecule has 1 aliphatic rings. The number of aliphatic hydroxyl groups excluding tert-OH is 1. The van der Waals surface area contributed by atoms with Gasteiger partial charge in [-0.15, -0.1) is 0 Å². The van der Waals surface area contributed by atoms with Crippen molar-refractivity contribution >= 4 is 21.8 Å². The molecule has 1 saturated heterocycles. The summed E-state index contributed by atoms with van der Waals surface area (Å²) < 4.78 is 5.95. The zero-order valence-corrected chi connectivity index (χ0v) is 12.1. The number of morpholine rings is 1. The molecule has 1 aromatic rings. The summed E-state index contributed by atoms with van der Waals surface area (Å²) in [6.07, 6.45) is -0.343. The molecule has 0 saturated carbocycles. The largest absolute Gasteiger partial charge is 0.507 e. The molecular formula is C13H16BrNO4. The van der Waals surface area contributed by atoms with Gasteiger partial charge in [0.25, 0.3) is 5.91 Å². The molecule has 2 atom stereocenters. The minimum Gasteiger partial charge on any atom is -0.507 e. The average Bonchev–Trinajstić information content (AvgIpc) is 2.41. The van der Waals surface area contributed by atoms with Crippen molar-refractivity contribution in [2.75, 3.05) is 19.8 Å². The second kappa shape index (κ2) is 5.90. The van der Waals surface area contributed by atoms with E-state index in [1.54, 1.807) is 17.0 Å². The van der Waals surface area contributed by atoms with Gasteiger partial charge >= 0.3 is 0 Å².